The van der Waals surface area contributed by atoms with Gasteiger partial charge in [-0.25, -0.2) is 9.97 Å². The molecule has 6 bridgehead atoms. The summed E-state index contributed by atoms with van der Waals surface area (Å²) < 4.78 is 18.0. The Morgan fingerprint density at radius 2 is 1.81 bits per heavy atom. The van der Waals surface area contributed by atoms with Gasteiger partial charge in [-0.1, -0.05) is 6.07 Å². The van der Waals surface area contributed by atoms with E-state index in [0.29, 0.717) is 32.4 Å². The van der Waals surface area contributed by atoms with Gasteiger partial charge in [0, 0.05) is 48.7 Å². The van der Waals surface area contributed by atoms with Crippen molar-refractivity contribution in [3.63, 3.8) is 0 Å². The van der Waals surface area contributed by atoms with Crippen molar-refractivity contribution >= 4 is 17.3 Å². The lowest BCUT2D eigenvalue weighted by Crippen LogP contribution is -2.57. The topological polar surface area (TPSA) is 80.8 Å². The zero-order valence-electron chi connectivity index (χ0n) is 21.0. The van der Waals surface area contributed by atoms with E-state index in [1.165, 1.54) is 5.56 Å². The van der Waals surface area contributed by atoms with Gasteiger partial charge < -0.3 is 29.7 Å². The molecule has 2 aromatic carbocycles. The minimum atomic E-state index is 0.0360. The van der Waals surface area contributed by atoms with Crippen LogP contribution in [0.25, 0.3) is 11.3 Å². The standard InChI is InChI=1S/C28H33N5O3/c1-28(2)18-33(10-9-30-28)24-8-6-21-15-25(24)36-14-12-34-11-13-35-22-7-5-19-3-4-20-17-29-27(31-21)32-26(20)23(19)16-22/h5-8,15-17,30H,3-4,9-14,18H2,1-2H3,(H,29,31,32). The number of piperazine rings is 1. The Bertz CT molecular complexity index is 1260. The number of anilines is 3. The van der Waals surface area contributed by atoms with Crippen LogP contribution < -0.4 is 25.0 Å². The summed E-state index contributed by atoms with van der Waals surface area (Å²) in [6, 6.07) is 12.5. The lowest BCUT2D eigenvalue weighted by Gasteiger charge is -2.41. The zero-order valence-corrected chi connectivity index (χ0v) is 21.0. The maximum absolute atomic E-state index is 6.25. The maximum atomic E-state index is 6.25. The van der Waals surface area contributed by atoms with Gasteiger partial charge in [-0.2, -0.15) is 0 Å². The molecule has 1 aliphatic carbocycles. The van der Waals surface area contributed by atoms with Gasteiger partial charge in [0.2, 0.25) is 5.95 Å². The molecule has 2 aliphatic heterocycles. The average Bonchev–Trinajstić information content (AvgIpc) is 2.87. The number of hydrogen-bond acceptors (Lipinski definition) is 8. The van der Waals surface area contributed by atoms with E-state index in [2.05, 4.69) is 58.6 Å². The summed E-state index contributed by atoms with van der Waals surface area (Å²) in [5.41, 5.74) is 6.54. The minimum Gasteiger partial charge on any atom is -0.491 e. The molecular formula is C28H33N5O3. The minimum absolute atomic E-state index is 0.0360. The highest BCUT2D eigenvalue weighted by Gasteiger charge is 2.27. The molecule has 0 saturated carbocycles. The maximum Gasteiger partial charge on any atom is 0.227 e. The van der Waals surface area contributed by atoms with Crippen molar-refractivity contribution in [3.05, 3.63) is 53.7 Å². The quantitative estimate of drug-likeness (QED) is 0.534. The summed E-state index contributed by atoms with van der Waals surface area (Å²) in [6.07, 6.45) is 3.86. The predicted octanol–water partition coefficient (Wildman–Crippen LogP) is 3.96. The molecule has 188 valence electrons. The van der Waals surface area contributed by atoms with E-state index < -0.39 is 0 Å². The molecule has 2 N–H and O–H groups in total. The second-order valence-electron chi connectivity index (χ2n) is 10.2. The van der Waals surface area contributed by atoms with Crippen LogP contribution in [0.2, 0.25) is 0 Å². The third kappa shape index (κ3) is 4.83. The Labute approximate surface area is 212 Å². The number of aromatic nitrogens is 2. The SMILES string of the molecule is CC1(C)CN(c2ccc3cc2OCCOCCOc2ccc4c(c2)-c2nc(ncc2CC4)N3)CCN1. The van der Waals surface area contributed by atoms with Crippen molar-refractivity contribution in [1.29, 1.82) is 0 Å². The van der Waals surface area contributed by atoms with Gasteiger partial charge in [0.05, 0.1) is 24.6 Å². The second-order valence-corrected chi connectivity index (χ2v) is 10.2. The molecule has 6 rings (SSSR count). The Morgan fingerprint density at radius 1 is 0.944 bits per heavy atom. The molecule has 0 unspecified atom stereocenters. The van der Waals surface area contributed by atoms with Crippen molar-refractivity contribution in [2.45, 2.75) is 32.2 Å². The normalized spacial score (nSPS) is 19.0. The lowest BCUT2D eigenvalue weighted by atomic mass is 9.90. The zero-order chi connectivity index (χ0) is 24.5. The van der Waals surface area contributed by atoms with E-state index in [9.17, 15) is 0 Å². The molecule has 1 saturated heterocycles. The Balaban J connectivity index is 1.35. The predicted molar refractivity (Wildman–Crippen MR) is 141 cm³/mol. The average molecular weight is 488 g/mol. The second kappa shape index (κ2) is 9.59. The first kappa shape index (κ1) is 23.1. The highest BCUT2D eigenvalue weighted by atomic mass is 16.5. The Kier molecular flexibility index (Phi) is 6.15. The van der Waals surface area contributed by atoms with Crippen molar-refractivity contribution in [2.75, 3.05) is 56.3 Å². The van der Waals surface area contributed by atoms with Gasteiger partial charge in [-0.05, 0) is 62.1 Å². The van der Waals surface area contributed by atoms with Crippen molar-refractivity contribution in [2.24, 2.45) is 0 Å². The van der Waals surface area contributed by atoms with Crippen LogP contribution in [-0.4, -0.2) is 61.6 Å². The summed E-state index contributed by atoms with van der Waals surface area (Å²) in [6.45, 7) is 9.15. The van der Waals surface area contributed by atoms with Crippen LogP contribution in [0.5, 0.6) is 11.5 Å². The van der Waals surface area contributed by atoms with Gasteiger partial charge >= 0.3 is 0 Å². The molecule has 0 spiro atoms. The number of nitrogens with one attached hydrogen (secondary N) is 2. The number of nitrogens with zero attached hydrogens (tertiary/aromatic N) is 3. The van der Waals surface area contributed by atoms with Crippen LogP contribution in [0.3, 0.4) is 0 Å². The van der Waals surface area contributed by atoms with Crippen LogP contribution in [0.15, 0.2) is 42.6 Å². The number of fused-ring (bicyclic) bond motifs is 4. The summed E-state index contributed by atoms with van der Waals surface area (Å²) in [5.74, 6) is 2.23. The molecule has 1 fully saturated rings. The summed E-state index contributed by atoms with van der Waals surface area (Å²) in [4.78, 5) is 11.9. The lowest BCUT2D eigenvalue weighted by molar-refractivity contribution is 0.0765. The monoisotopic (exact) mass is 487 g/mol. The molecule has 0 atom stereocenters. The third-order valence-electron chi connectivity index (χ3n) is 6.97. The summed E-state index contributed by atoms with van der Waals surface area (Å²) >= 11 is 0. The number of benzene rings is 2. The van der Waals surface area contributed by atoms with Gasteiger partial charge in [0.1, 0.15) is 24.7 Å². The van der Waals surface area contributed by atoms with Crippen LogP contribution in [0, 0.1) is 0 Å². The van der Waals surface area contributed by atoms with E-state index >= 15 is 0 Å². The van der Waals surface area contributed by atoms with E-state index in [0.717, 1.165) is 72.2 Å². The molecule has 1 aromatic heterocycles. The van der Waals surface area contributed by atoms with Crippen molar-refractivity contribution in [3.8, 4) is 22.8 Å². The van der Waals surface area contributed by atoms with Gasteiger partial charge in [-0.3, -0.25) is 0 Å². The molecule has 3 heterocycles. The fourth-order valence-electron chi connectivity index (χ4n) is 5.21. The van der Waals surface area contributed by atoms with E-state index in [1.54, 1.807) is 0 Å². The van der Waals surface area contributed by atoms with Gasteiger partial charge in [0.15, 0.2) is 0 Å². The molecule has 3 aromatic rings. The highest BCUT2D eigenvalue weighted by Crippen LogP contribution is 2.37. The highest BCUT2D eigenvalue weighted by molar-refractivity contribution is 5.73. The summed E-state index contributed by atoms with van der Waals surface area (Å²) in [7, 11) is 0. The first-order chi connectivity index (χ1) is 17.5. The molecule has 0 amide bonds. The number of ether oxygens (including phenoxy) is 3. The third-order valence-corrected chi connectivity index (χ3v) is 6.97. The molecule has 0 radical (unpaired) electrons. The van der Waals surface area contributed by atoms with E-state index in [-0.39, 0.29) is 5.54 Å². The van der Waals surface area contributed by atoms with Crippen molar-refractivity contribution in [1.82, 2.24) is 15.3 Å². The molecular weight excluding hydrogens is 454 g/mol. The molecule has 3 aliphatic rings. The first-order valence-corrected chi connectivity index (χ1v) is 12.8. The van der Waals surface area contributed by atoms with Crippen LogP contribution in [0.1, 0.15) is 25.0 Å². The number of aryl methyl sites for hydroxylation is 2. The smallest absolute Gasteiger partial charge is 0.227 e. The molecule has 36 heavy (non-hydrogen) atoms. The molecule has 8 nitrogen and oxygen atoms in total. The van der Waals surface area contributed by atoms with E-state index in [4.69, 9.17) is 19.2 Å². The molecule has 8 heteroatoms. The van der Waals surface area contributed by atoms with E-state index in [1.807, 2.05) is 18.3 Å². The fourth-order valence-corrected chi connectivity index (χ4v) is 5.21. The summed E-state index contributed by atoms with van der Waals surface area (Å²) in [5, 5.41) is 6.99. The first-order valence-electron chi connectivity index (χ1n) is 12.8. The van der Waals surface area contributed by atoms with Crippen LogP contribution in [0.4, 0.5) is 17.3 Å². The van der Waals surface area contributed by atoms with Gasteiger partial charge in [0.25, 0.3) is 0 Å². The number of rotatable bonds is 1. The Morgan fingerprint density at radius 3 is 2.69 bits per heavy atom. The largest absolute Gasteiger partial charge is 0.491 e. The van der Waals surface area contributed by atoms with Crippen molar-refractivity contribution < 1.29 is 14.2 Å². The van der Waals surface area contributed by atoms with Crippen LogP contribution in [-0.2, 0) is 17.6 Å². The van der Waals surface area contributed by atoms with Crippen LogP contribution >= 0.6 is 0 Å². The fraction of sp³-hybridized carbons (Fsp3) is 0.429. The number of hydrogen-bond donors (Lipinski definition) is 2. The van der Waals surface area contributed by atoms with Gasteiger partial charge in [-0.15, -0.1) is 0 Å². The Hall–Kier alpha value is -3.36.